The van der Waals surface area contributed by atoms with E-state index in [1.54, 1.807) is 18.3 Å². The van der Waals surface area contributed by atoms with Gasteiger partial charge < -0.3 is 10.1 Å². The van der Waals surface area contributed by atoms with Gasteiger partial charge in [-0.05, 0) is 61.7 Å². The quantitative estimate of drug-likeness (QED) is 0.367. The highest BCUT2D eigenvalue weighted by Gasteiger charge is 2.33. The molecule has 1 aliphatic heterocycles. The molecular weight excluding hydrogens is 470 g/mol. The van der Waals surface area contributed by atoms with Crippen molar-refractivity contribution in [1.29, 1.82) is 0 Å². The summed E-state index contributed by atoms with van der Waals surface area (Å²) in [5.41, 5.74) is 6.33. The van der Waals surface area contributed by atoms with Gasteiger partial charge in [0.1, 0.15) is 12.3 Å². The third-order valence-corrected chi connectivity index (χ3v) is 7.24. The Labute approximate surface area is 214 Å². The molecule has 0 fully saturated rings. The second-order valence-corrected chi connectivity index (χ2v) is 9.89. The molecule has 6 nitrogen and oxygen atoms in total. The van der Waals surface area contributed by atoms with Gasteiger partial charge in [-0.15, -0.1) is 11.3 Å². The summed E-state index contributed by atoms with van der Waals surface area (Å²) in [6, 6.07) is 21.7. The lowest BCUT2D eigenvalue weighted by molar-refractivity contribution is -0.127. The predicted molar refractivity (Wildman–Crippen MR) is 144 cm³/mol. The Hall–Kier alpha value is -3.97. The summed E-state index contributed by atoms with van der Waals surface area (Å²) in [6.07, 6.45) is 0.0915. The van der Waals surface area contributed by atoms with Crippen LogP contribution in [0.25, 0.3) is 11.3 Å². The first-order valence-electron chi connectivity index (χ1n) is 11.9. The molecule has 182 valence electrons. The van der Waals surface area contributed by atoms with Crippen molar-refractivity contribution in [3.63, 3.8) is 0 Å². The number of fused-ring (bicyclic) bond motifs is 1. The van der Waals surface area contributed by atoms with Crippen LogP contribution in [0.15, 0.2) is 72.1 Å². The topological polar surface area (TPSA) is 71.5 Å². The molecule has 5 rings (SSSR count). The minimum Gasteiger partial charge on any atom is -0.479 e. The zero-order chi connectivity index (χ0) is 25.2. The van der Waals surface area contributed by atoms with E-state index in [1.807, 2.05) is 73.8 Å². The first-order valence-corrected chi connectivity index (χ1v) is 12.7. The summed E-state index contributed by atoms with van der Waals surface area (Å²) in [6.45, 7) is 5.56. The summed E-state index contributed by atoms with van der Waals surface area (Å²) in [7, 11) is 0. The van der Waals surface area contributed by atoms with Crippen LogP contribution in [0, 0.1) is 13.8 Å². The second kappa shape index (κ2) is 9.95. The average Bonchev–Trinajstić information content (AvgIpc) is 3.34. The van der Waals surface area contributed by atoms with Gasteiger partial charge in [0.25, 0.3) is 5.91 Å². The number of hydrogen-bond acceptors (Lipinski definition) is 5. The van der Waals surface area contributed by atoms with Crippen molar-refractivity contribution < 1.29 is 14.3 Å². The first kappa shape index (κ1) is 23.8. The summed E-state index contributed by atoms with van der Waals surface area (Å²) >= 11 is 1.61. The van der Waals surface area contributed by atoms with E-state index >= 15 is 0 Å². The fourth-order valence-electron chi connectivity index (χ4n) is 4.24. The van der Waals surface area contributed by atoms with E-state index < -0.39 is 6.10 Å². The summed E-state index contributed by atoms with van der Waals surface area (Å²) in [5.74, 6) is 0.0604. The lowest BCUT2D eigenvalue weighted by atomic mass is 10.1. The van der Waals surface area contributed by atoms with Crippen LogP contribution in [0.1, 0.15) is 28.6 Å². The van der Waals surface area contributed by atoms with Gasteiger partial charge in [-0.3, -0.25) is 14.5 Å². The van der Waals surface area contributed by atoms with E-state index in [4.69, 9.17) is 9.72 Å². The summed E-state index contributed by atoms with van der Waals surface area (Å²) in [4.78, 5) is 32.4. The molecule has 2 amide bonds. The number of hydrogen-bond donors (Lipinski definition) is 1. The molecule has 0 saturated heterocycles. The Kier molecular flexibility index (Phi) is 6.57. The number of nitrogens with zero attached hydrogens (tertiary/aromatic N) is 2. The maximum atomic E-state index is 13.1. The van der Waals surface area contributed by atoms with E-state index in [2.05, 4.69) is 17.4 Å². The fraction of sp³-hybridized carbons (Fsp3) is 0.207. The molecule has 0 saturated carbocycles. The van der Waals surface area contributed by atoms with Gasteiger partial charge in [0, 0.05) is 23.1 Å². The molecule has 36 heavy (non-hydrogen) atoms. The highest BCUT2D eigenvalue weighted by atomic mass is 32.1. The third-order valence-electron chi connectivity index (χ3n) is 6.39. The van der Waals surface area contributed by atoms with Gasteiger partial charge in [-0.25, -0.2) is 4.98 Å². The Morgan fingerprint density at radius 3 is 2.69 bits per heavy atom. The van der Waals surface area contributed by atoms with E-state index in [0.29, 0.717) is 11.4 Å². The maximum absolute atomic E-state index is 13.1. The molecule has 7 heteroatoms. The molecule has 0 radical (unpaired) electrons. The van der Waals surface area contributed by atoms with Crippen LogP contribution in [-0.2, 0) is 16.0 Å². The van der Waals surface area contributed by atoms with E-state index in [-0.39, 0.29) is 18.4 Å². The number of benzene rings is 3. The average molecular weight is 498 g/mol. The molecule has 0 spiro atoms. The molecule has 1 aliphatic rings. The van der Waals surface area contributed by atoms with Crippen LogP contribution in [0.3, 0.4) is 0 Å². The minimum absolute atomic E-state index is 0.104. The normalized spacial score (nSPS) is 14.8. The van der Waals surface area contributed by atoms with Gasteiger partial charge in [0.15, 0.2) is 6.10 Å². The van der Waals surface area contributed by atoms with Gasteiger partial charge in [0.2, 0.25) is 5.91 Å². The van der Waals surface area contributed by atoms with Crippen molar-refractivity contribution in [3.05, 3.63) is 93.8 Å². The number of anilines is 2. The molecule has 0 aliphatic carbocycles. The summed E-state index contributed by atoms with van der Waals surface area (Å²) < 4.78 is 5.84. The van der Waals surface area contributed by atoms with Crippen molar-refractivity contribution in [1.82, 2.24) is 4.98 Å². The van der Waals surface area contributed by atoms with E-state index in [1.165, 1.54) is 10.5 Å². The monoisotopic (exact) mass is 497 g/mol. The van der Waals surface area contributed by atoms with Crippen LogP contribution < -0.4 is 15.0 Å². The highest BCUT2D eigenvalue weighted by molar-refractivity contribution is 7.10. The van der Waals surface area contributed by atoms with Crippen LogP contribution in [0.4, 0.5) is 11.4 Å². The molecule has 1 atom stereocenters. The van der Waals surface area contributed by atoms with Crippen molar-refractivity contribution in [2.45, 2.75) is 33.3 Å². The number of ether oxygens (including phenoxy) is 1. The Balaban J connectivity index is 1.39. The zero-order valence-corrected chi connectivity index (χ0v) is 21.3. The highest BCUT2D eigenvalue weighted by Crippen LogP contribution is 2.38. The Morgan fingerprint density at radius 2 is 1.89 bits per heavy atom. The number of thiazole rings is 1. The lowest BCUT2D eigenvalue weighted by Gasteiger charge is -2.33. The van der Waals surface area contributed by atoms with Crippen LogP contribution >= 0.6 is 11.3 Å². The molecule has 1 unspecified atom stereocenters. The number of aromatic nitrogens is 1. The van der Waals surface area contributed by atoms with Gasteiger partial charge in [0.05, 0.1) is 16.4 Å². The number of carbonyl (C=O) groups is 2. The molecular formula is C29H27N3O3S. The van der Waals surface area contributed by atoms with Gasteiger partial charge in [-0.1, -0.05) is 42.5 Å². The number of aryl methyl sites for hydroxylation is 1. The number of amides is 2. The Morgan fingerprint density at radius 1 is 1.08 bits per heavy atom. The second-order valence-electron chi connectivity index (χ2n) is 8.95. The minimum atomic E-state index is -0.673. The van der Waals surface area contributed by atoms with E-state index in [0.717, 1.165) is 39.5 Å². The van der Waals surface area contributed by atoms with Crippen LogP contribution in [0.5, 0.6) is 5.75 Å². The van der Waals surface area contributed by atoms with Crippen LogP contribution in [-0.4, -0.2) is 29.4 Å². The molecule has 2 heterocycles. The number of rotatable bonds is 6. The molecule has 4 aromatic rings. The SMILES string of the molecule is Cc1cccc(NC(=O)CN2C(=O)C(C)Oc3ccc(-c4csc(Cc5ccccc5)n4)cc32)c1C. The number of nitrogens with one attached hydrogen (secondary N) is 1. The van der Waals surface area contributed by atoms with Crippen LogP contribution in [0.2, 0.25) is 0 Å². The third kappa shape index (κ3) is 4.88. The molecule has 3 aromatic carbocycles. The maximum Gasteiger partial charge on any atom is 0.268 e. The molecule has 0 bridgehead atoms. The number of carbonyl (C=O) groups excluding carboxylic acids is 2. The van der Waals surface area contributed by atoms with Crippen molar-refractivity contribution in [2.24, 2.45) is 0 Å². The molecule has 1 aromatic heterocycles. The smallest absolute Gasteiger partial charge is 0.268 e. The molecule has 1 N–H and O–H groups in total. The fourth-order valence-corrected chi connectivity index (χ4v) is 5.08. The first-order chi connectivity index (χ1) is 17.4. The summed E-state index contributed by atoms with van der Waals surface area (Å²) in [5, 5.41) is 5.99. The van der Waals surface area contributed by atoms with Crippen molar-refractivity contribution >= 4 is 34.5 Å². The van der Waals surface area contributed by atoms with E-state index in [9.17, 15) is 9.59 Å². The zero-order valence-electron chi connectivity index (χ0n) is 20.4. The largest absolute Gasteiger partial charge is 0.479 e. The predicted octanol–water partition coefficient (Wildman–Crippen LogP) is 5.77. The van der Waals surface area contributed by atoms with Crippen molar-refractivity contribution in [3.8, 4) is 17.0 Å². The lowest BCUT2D eigenvalue weighted by Crippen LogP contribution is -2.47. The van der Waals surface area contributed by atoms with Crippen molar-refractivity contribution in [2.75, 3.05) is 16.8 Å². The Bertz CT molecular complexity index is 1430. The van der Waals surface area contributed by atoms with Gasteiger partial charge >= 0.3 is 0 Å². The standard InChI is InChI=1S/C29H27N3O3S/c1-18-8-7-11-23(19(18)2)30-27(33)16-32-25-15-22(12-13-26(25)35-20(3)29(32)34)24-17-36-28(31-24)14-21-9-5-4-6-10-21/h4-13,15,17,20H,14,16H2,1-3H3,(H,30,33). The van der Waals surface area contributed by atoms with Gasteiger partial charge in [-0.2, -0.15) is 0 Å².